The first kappa shape index (κ1) is 17.0. The molecule has 1 fully saturated rings. The Bertz CT molecular complexity index is 847. The number of fused-ring (bicyclic) bond motifs is 2. The van der Waals surface area contributed by atoms with Crippen LogP contribution in [-0.2, 0) is 20.7 Å². The third-order valence-corrected chi connectivity index (χ3v) is 6.08. The summed E-state index contributed by atoms with van der Waals surface area (Å²) in [6.07, 6.45) is 0.598. The summed E-state index contributed by atoms with van der Waals surface area (Å²) >= 11 is 0. The molecule has 4 atom stereocenters. The van der Waals surface area contributed by atoms with Crippen molar-refractivity contribution >= 4 is 11.8 Å². The molecule has 26 heavy (non-hydrogen) atoms. The van der Waals surface area contributed by atoms with E-state index in [0.29, 0.717) is 13.0 Å². The number of carbonyl (C=O) groups excluding carboxylic acids is 2. The molecule has 134 valence electrons. The summed E-state index contributed by atoms with van der Waals surface area (Å²) in [6, 6.07) is 18.1. The first-order valence-corrected chi connectivity index (χ1v) is 9.03. The van der Waals surface area contributed by atoms with Gasteiger partial charge in [0, 0.05) is 18.4 Å². The van der Waals surface area contributed by atoms with Gasteiger partial charge < -0.3 is 10.1 Å². The normalized spacial score (nSPS) is 29.5. The van der Waals surface area contributed by atoms with E-state index < -0.39 is 5.41 Å². The van der Waals surface area contributed by atoms with Gasteiger partial charge in [0.2, 0.25) is 0 Å². The Kier molecular flexibility index (Phi) is 4.16. The van der Waals surface area contributed by atoms with Crippen LogP contribution in [0.4, 0.5) is 0 Å². The Morgan fingerprint density at radius 3 is 2.46 bits per heavy atom. The minimum absolute atomic E-state index is 0.0239. The molecule has 0 radical (unpaired) electrons. The number of benzene rings is 2. The Balaban J connectivity index is 1.97. The number of hydrogen-bond donors (Lipinski definition) is 1. The van der Waals surface area contributed by atoms with Crippen molar-refractivity contribution in [2.24, 2.45) is 11.3 Å². The van der Waals surface area contributed by atoms with E-state index in [1.807, 2.05) is 30.3 Å². The summed E-state index contributed by atoms with van der Waals surface area (Å²) in [7, 11) is 1.44. The van der Waals surface area contributed by atoms with Gasteiger partial charge in [-0.05, 0) is 30.0 Å². The minimum Gasteiger partial charge on any atom is -0.469 e. The largest absolute Gasteiger partial charge is 0.469 e. The SMILES string of the molecule is COC(=O)C12CNC(C(C)=O)C1C(c1ccccc1)c1ccccc1C2. The van der Waals surface area contributed by atoms with Crippen molar-refractivity contribution < 1.29 is 14.3 Å². The zero-order chi connectivity index (χ0) is 18.3. The molecule has 2 aromatic carbocycles. The van der Waals surface area contributed by atoms with Crippen LogP contribution >= 0.6 is 0 Å². The lowest BCUT2D eigenvalue weighted by Gasteiger charge is -2.44. The van der Waals surface area contributed by atoms with Crippen molar-refractivity contribution in [2.45, 2.75) is 25.3 Å². The number of Topliss-reactive ketones (excluding diaryl/α,β-unsaturated/α-hetero) is 1. The van der Waals surface area contributed by atoms with Crippen LogP contribution in [0.2, 0.25) is 0 Å². The second kappa shape index (κ2) is 6.36. The first-order valence-electron chi connectivity index (χ1n) is 9.03. The van der Waals surface area contributed by atoms with Gasteiger partial charge in [-0.2, -0.15) is 0 Å². The number of nitrogens with one attached hydrogen (secondary N) is 1. The van der Waals surface area contributed by atoms with Gasteiger partial charge in [-0.15, -0.1) is 0 Å². The number of rotatable bonds is 3. The molecule has 4 rings (SSSR count). The number of ether oxygens (including phenoxy) is 1. The highest BCUT2D eigenvalue weighted by atomic mass is 16.5. The lowest BCUT2D eigenvalue weighted by Crippen LogP contribution is -2.49. The maximum absolute atomic E-state index is 13.0. The van der Waals surface area contributed by atoms with Gasteiger partial charge in [0.25, 0.3) is 0 Å². The van der Waals surface area contributed by atoms with Gasteiger partial charge in [0.15, 0.2) is 0 Å². The molecule has 0 amide bonds. The van der Waals surface area contributed by atoms with Crippen LogP contribution in [0.1, 0.15) is 29.5 Å². The van der Waals surface area contributed by atoms with E-state index in [1.165, 1.54) is 12.7 Å². The number of methoxy groups -OCH3 is 1. The van der Waals surface area contributed by atoms with Crippen LogP contribution < -0.4 is 5.32 Å². The van der Waals surface area contributed by atoms with Gasteiger partial charge in [0.1, 0.15) is 5.78 Å². The van der Waals surface area contributed by atoms with E-state index in [-0.39, 0.29) is 29.6 Å². The van der Waals surface area contributed by atoms with Crippen LogP contribution in [0, 0.1) is 11.3 Å². The Morgan fingerprint density at radius 1 is 1.08 bits per heavy atom. The van der Waals surface area contributed by atoms with Crippen molar-refractivity contribution in [3.05, 3.63) is 71.3 Å². The fourth-order valence-corrected chi connectivity index (χ4v) is 5.01. The lowest BCUT2D eigenvalue weighted by molar-refractivity contribution is -0.155. The Morgan fingerprint density at radius 2 is 1.77 bits per heavy atom. The average Bonchev–Trinajstić information content (AvgIpc) is 3.06. The van der Waals surface area contributed by atoms with Gasteiger partial charge in [-0.1, -0.05) is 54.6 Å². The molecule has 0 bridgehead atoms. The molecule has 4 nitrogen and oxygen atoms in total. The zero-order valence-corrected chi connectivity index (χ0v) is 15.1. The summed E-state index contributed by atoms with van der Waals surface area (Å²) in [5, 5.41) is 3.34. The molecule has 1 N–H and O–H groups in total. The van der Waals surface area contributed by atoms with Gasteiger partial charge in [0.05, 0.1) is 18.6 Å². The molecule has 2 aromatic rings. The van der Waals surface area contributed by atoms with Crippen LogP contribution in [-0.4, -0.2) is 31.4 Å². The molecule has 1 saturated heterocycles. The van der Waals surface area contributed by atoms with E-state index in [4.69, 9.17) is 4.74 Å². The van der Waals surface area contributed by atoms with Crippen molar-refractivity contribution in [1.82, 2.24) is 5.32 Å². The van der Waals surface area contributed by atoms with E-state index in [0.717, 1.165) is 11.1 Å². The van der Waals surface area contributed by atoms with E-state index >= 15 is 0 Å². The fourth-order valence-electron chi connectivity index (χ4n) is 5.01. The molecule has 2 aliphatic rings. The standard InChI is InChI=1S/C22H23NO3/c1-14(24)20-19-18(15-8-4-3-5-9-15)17-11-7-6-10-16(17)12-22(19,13-23-20)21(25)26-2/h3-11,18-20,23H,12-13H2,1-2H3. The molecule has 4 unspecified atom stereocenters. The van der Waals surface area contributed by atoms with Crippen molar-refractivity contribution in [2.75, 3.05) is 13.7 Å². The third kappa shape index (κ3) is 2.40. The fraction of sp³-hybridized carbons (Fsp3) is 0.364. The Labute approximate surface area is 153 Å². The summed E-state index contributed by atoms with van der Waals surface area (Å²) in [5.74, 6) is -0.343. The highest BCUT2D eigenvalue weighted by Crippen LogP contribution is 2.54. The topological polar surface area (TPSA) is 55.4 Å². The van der Waals surface area contributed by atoms with Crippen molar-refractivity contribution in [3.8, 4) is 0 Å². The van der Waals surface area contributed by atoms with Crippen LogP contribution in [0.25, 0.3) is 0 Å². The predicted molar refractivity (Wildman–Crippen MR) is 98.8 cm³/mol. The van der Waals surface area contributed by atoms with E-state index in [9.17, 15) is 9.59 Å². The molecule has 1 heterocycles. The number of hydrogen-bond acceptors (Lipinski definition) is 4. The smallest absolute Gasteiger partial charge is 0.313 e. The average molecular weight is 349 g/mol. The molecule has 1 aliphatic heterocycles. The van der Waals surface area contributed by atoms with Crippen LogP contribution in [0.15, 0.2) is 54.6 Å². The maximum atomic E-state index is 13.0. The highest BCUT2D eigenvalue weighted by molar-refractivity contribution is 5.87. The van der Waals surface area contributed by atoms with Crippen LogP contribution in [0.3, 0.4) is 0 Å². The number of carbonyl (C=O) groups is 2. The van der Waals surface area contributed by atoms with Gasteiger partial charge >= 0.3 is 5.97 Å². The predicted octanol–water partition coefficient (Wildman–Crippen LogP) is 2.71. The lowest BCUT2D eigenvalue weighted by atomic mass is 9.57. The zero-order valence-electron chi connectivity index (χ0n) is 15.1. The van der Waals surface area contributed by atoms with Crippen molar-refractivity contribution in [3.63, 3.8) is 0 Å². The van der Waals surface area contributed by atoms with E-state index in [1.54, 1.807) is 6.92 Å². The number of esters is 1. The third-order valence-electron chi connectivity index (χ3n) is 6.08. The second-order valence-electron chi connectivity index (χ2n) is 7.41. The molecular formula is C22H23NO3. The quantitative estimate of drug-likeness (QED) is 0.866. The maximum Gasteiger partial charge on any atom is 0.313 e. The first-order chi connectivity index (χ1) is 12.6. The second-order valence-corrected chi connectivity index (χ2v) is 7.41. The van der Waals surface area contributed by atoms with E-state index in [2.05, 4.69) is 29.6 Å². The van der Waals surface area contributed by atoms with Crippen molar-refractivity contribution in [1.29, 1.82) is 0 Å². The summed E-state index contributed by atoms with van der Waals surface area (Å²) in [4.78, 5) is 25.4. The summed E-state index contributed by atoms with van der Waals surface area (Å²) < 4.78 is 5.23. The molecular weight excluding hydrogens is 326 g/mol. The molecule has 0 aromatic heterocycles. The highest BCUT2D eigenvalue weighted by Gasteiger charge is 2.61. The monoisotopic (exact) mass is 349 g/mol. The molecule has 4 heteroatoms. The summed E-state index contributed by atoms with van der Waals surface area (Å²) in [5.41, 5.74) is 2.78. The van der Waals surface area contributed by atoms with Gasteiger partial charge in [-0.25, -0.2) is 0 Å². The molecule has 0 saturated carbocycles. The minimum atomic E-state index is -0.722. The number of ketones is 1. The molecule has 1 aliphatic carbocycles. The molecule has 0 spiro atoms. The summed E-state index contributed by atoms with van der Waals surface area (Å²) in [6.45, 7) is 2.07. The van der Waals surface area contributed by atoms with Crippen LogP contribution in [0.5, 0.6) is 0 Å². The van der Waals surface area contributed by atoms with Gasteiger partial charge in [-0.3, -0.25) is 9.59 Å². The Hall–Kier alpha value is -2.46.